The summed E-state index contributed by atoms with van der Waals surface area (Å²) in [5, 5.41) is 0. The molecule has 0 aliphatic carbocycles. The van der Waals surface area contributed by atoms with E-state index in [2.05, 4.69) is 11.6 Å². The lowest BCUT2D eigenvalue weighted by molar-refractivity contribution is -0.376. The Bertz CT molecular complexity index is 83.3. The summed E-state index contributed by atoms with van der Waals surface area (Å²) in [6, 6.07) is 0. The second kappa shape index (κ2) is 3.20. The van der Waals surface area contributed by atoms with Gasteiger partial charge in [0.05, 0.1) is 0 Å². The third-order valence-electron chi connectivity index (χ3n) is 0.439. The average molecular weight is 164 g/mol. The van der Waals surface area contributed by atoms with Gasteiger partial charge in [0.25, 0.3) is 5.78 Å². The molecule has 0 radical (unpaired) electrons. The van der Waals surface area contributed by atoms with Crippen LogP contribution in [-0.2, 0) is 4.79 Å². The first kappa shape index (κ1) is 8.11. The second-order valence-corrected chi connectivity index (χ2v) is 2.19. The van der Waals surface area contributed by atoms with Crippen molar-refractivity contribution < 1.29 is 25.2 Å². The van der Waals surface area contributed by atoms with Gasteiger partial charge in [-0.25, -0.2) is 8.78 Å². The molecule has 0 aromatic heterocycles. The molecule has 0 fully saturated rings. The highest BCUT2D eigenvalue weighted by Crippen LogP contribution is 2.02. The number of halogens is 4. The summed E-state index contributed by atoms with van der Waals surface area (Å²) in [5.74, 6) is -1.40. The van der Waals surface area contributed by atoms with Gasteiger partial charge in [0.1, 0.15) is 11.6 Å². The summed E-state index contributed by atoms with van der Waals surface area (Å²) in [6.07, 6.45) is -3.03. The molecule has 5 heteroatoms. The minimum Gasteiger partial charge on any atom is -0.285 e. The van der Waals surface area contributed by atoms with Crippen molar-refractivity contribution in [3.63, 3.8) is 0 Å². The highest BCUT2D eigenvalue weighted by atomic mass is 35.5. The van der Waals surface area contributed by atoms with Crippen LogP contribution >= 0.6 is 11.6 Å². The summed E-state index contributed by atoms with van der Waals surface area (Å²) >= 11 is 8.82. The van der Waals surface area contributed by atoms with Crippen LogP contribution in [0.15, 0.2) is 0 Å². The standard InChI is InChI=1S/C3H3Cl2F2O/c4-2(5)1(8)3(6)7/h2-4H/q+1. The van der Waals surface area contributed by atoms with E-state index in [4.69, 9.17) is 11.6 Å². The third-order valence-corrected chi connectivity index (χ3v) is 0.886. The Morgan fingerprint density at radius 3 is 2.00 bits per heavy atom. The van der Waals surface area contributed by atoms with Crippen LogP contribution in [0.5, 0.6) is 0 Å². The molecule has 0 saturated heterocycles. The van der Waals surface area contributed by atoms with Crippen molar-refractivity contribution in [3.8, 4) is 0 Å². The summed E-state index contributed by atoms with van der Waals surface area (Å²) in [7, 11) is 0. The number of carbonyl (C=O) groups is 1. The van der Waals surface area contributed by atoms with Gasteiger partial charge in [-0.05, 0) is 11.6 Å². The topological polar surface area (TPSA) is 17.1 Å². The Hall–Kier alpha value is 0.110. The molecule has 0 aliphatic rings. The maximum atomic E-state index is 11.2. The molecule has 8 heavy (non-hydrogen) atoms. The molecule has 48 valence electrons. The number of hydrogen-bond donors (Lipinski definition) is 0. The Balaban J connectivity index is 3.65. The maximum Gasteiger partial charge on any atom is 0.315 e. The largest absolute Gasteiger partial charge is 0.315 e. The van der Waals surface area contributed by atoms with Crippen molar-refractivity contribution in [3.05, 3.63) is 0 Å². The molecule has 1 nitrogen and oxygen atoms in total. The van der Waals surface area contributed by atoms with Gasteiger partial charge in [-0.2, -0.15) is 0 Å². The Labute approximate surface area is 54.6 Å². The zero-order chi connectivity index (χ0) is 6.73. The molecule has 0 saturated carbocycles. The first-order chi connectivity index (χ1) is 3.55. The number of ketones is 1. The van der Waals surface area contributed by atoms with E-state index in [0.29, 0.717) is 0 Å². The lowest BCUT2D eigenvalue weighted by atomic mass is 10.5. The molecular weight excluding hydrogens is 161 g/mol. The highest BCUT2D eigenvalue weighted by molar-refractivity contribution is 6.29. The second-order valence-electron chi connectivity index (χ2n) is 1.02. The number of Topliss-reactive ketones (excluding diaryl/α,β-unsaturated/α-hetero) is 1. The molecule has 0 rings (SSSR count). The van der Waals surface area contributed by atoms with Crippen molar-refractivity contribution in [2.45, 2.75) is 11.3 Å². The van der Waals surface area contributed by atoms with Crippen LogP contribution in [0.4, 0.5) is 8.78 Å². The summed E-state index contributed by atoms with van der Waals surface area (Å²) in [5.41, 5.74) is 0. The number of rotatable bonds is 2. The van der Waals surface area contributed by atoms with Crippen LogP contribution < -0.4 is 0 Å². The van der Waals surface area contributed by atoms with E-state index in [9.17, 15) is 13.6 Å². The third kappa shape index (κ3) is 2.43. The van der Waals surface area contributed by atoms with Crippen molar-refractivity contribution in [2.24, 2.45) is 0 Å². The van der Waals surface area contributed by atoms with Crippen LogP contribution in [0.25, 0.3) is 0 Å². The van der Waals surface area contributed by atoms with Crippen LogP contribution in [0.2, 0.25) is 0 Å². The maximum absolute atomic E-state index is 11.2. The Morgan fingerprint density at radius 1 is 1.62 bits per heavy atom. The van der Waals surface area contributed by atoms with Gasteiger partial charge in [-0.1, -0.05) is 0 Å². The molecule has 0 aliphatic heterocycles. The smallest absolute Gasteiger partial charge is 0.285 e. The fourth-order valence-corrected chi connectivity index (χ4v) is 0.297. The number of alkyl halides is 4. The lowest BCUT2D eigenvalue weighted by Gasteiger charge is -1.89. The molecule has 0 amide bonds. The van der Waals surface area contributed by atoms with Crippen molar-refractivity contribution in [1.82, 2.24) is 0 Å². The molecule has 1 unspecified atom stereocenters. The van der Waals surface area contributed by atoms with Gasteiger partial charge < -0.3 is 0 Å². The molecule has 0 aromatic rings. The molecule has 0 aromatic carbocycles. The van der Waals surface area contributed by atoms with E-state index in [1.807, 2.05) is 0 Å². The monoisotopic (exact) mass is 163 g/mol. The highest BCUT2D eigenvalue weighted by Gasteiger charge is 2.28. The van der Waals surface area contributed by atoms with Crippen molar-refractivity contribution in [1.29, 1.82) is 0 Å². The van der Waals surface area contributed by atoms with E-state index >= 15 is 0 Å². The molecule has 0 bridgehead atoms. The summed E-state index contributed by atoms with van der Waals surface area (Å²) < 4.78 is 22.4. The van der Waals surface area contributed by atoms with E-state index < -0.39 is 17.0 Å². The predicted octanol–water partition coefficient (Wildman–Crippen LogP) is 0.667. The van der Waals surface area contributed by atoms with E-state index in [1.165, 1.54) is 0 Å². The van der Waals surface area contributed by atoms with E-state index in [1.54, 1.807) is 0 Å². The van der Waals surface area contributed by atoms with Gasteiger partial charge in [0.15, 0.2) is 0 Å². The van der Waals surface area contributed by atoms with Gasteiger partial charge >= 0.3 is 11.3 Å². The fourth-order valence-electron chi connectivity index (χ4n) is 0.0991. The molecular formula is C3H3Cl2F2O+. The fraction of sp³-hybridized carbons (Fsp3) is 0.667. The van der Waals surface area contributed by atoms with Crippen molar-refractivity contribution in [2.75, 3.05) is 0 Å². The van der Waals surface area contributed by atoms with Gasteiger partial charge in [-0.15, -0.1) is 0 Å². The summed E-state index contributed by atoms with van der Waals surface area (Å²) in [4.78, 5) is 8.37. The average Bonchev–Trinajstić information content (AvgIpc) is 1.64. The number of hydrogen-bond acceptors (Lipinski definition) is 1. The first-order valence-corrected chi connectivity index (χ1v) is 2.58. The van der Waals surface area contributed by atoms with Crippen LogP contribution in [-0.4, -0.2) is 17.0 Å². The zero-order valence-electron chi connectivity index (χ0n) is 3.61. The van der Waals surface area contributed by atoms with Gasteiger partial charge in [0, 0.05) is 0 Å². The Morgan fingerprint density at radius 2 is 2.00 bits per heavy atom. The lowest BCUT2D eigenvalue weighted by Crippen LogP contribution is -2.19. The van der Waals surface area contributed by atoms with Crippen molar-refractivity contribution >= 4 is 17.4 Å². The van der Waals surface area contributed by atoms with E-state index in [-0.39, 0.29) is 0 Å². The predicted molar refractivity (Wildman–Crippen MR) is 22.0 cm³/mol. The minimum absolute atomic E-state index is 1.40. The molecule has 1 atom stereocenters. The van der Waals surface area contributed by atoms with Crippen LogP contribution in [0.3, 0.4) is 0 Å². The SMILES string of the molecule is O=C(C(F)F)C(Cl)[ClH+]. The minimum atomic E-state index is -3.03. The molecule has 0 spiro atoms. The first-order valence-electron chi connectivity index (χ1n) is 1.67. The quantitative estimate of drug-likeness (QED) is 0.548. The van der Waals surface area contributed by atoms with Crippen LogP contribution in [0, 0.1) is 11.6 Å². The van der Waals surface area contributed by atoms with Gasteiger partial charge in [-0.3, -0.25) is 4.79 Å². The van der Waals surface area contributed by atoms with Crippen LogP contribution in [0.1, 0.15) is 0 Å². The molecule has 0 N–H and O–H groups in total. The van der Waals surface area contributed by atoms with E-state index in [0.717, 1.165) is 0 Å². The number of carbonyl (C=O) groups excluding carboxylic acids is 1. The Kier molecular flexibility index (Phi) is 3.24. The normalized spacial score (nSPS) is 14.1. The van der Waals surface area contributed by atoms with Gasteiger partial charge in [0.2, 0.25) is 0 Å². The zero-order valence-corrected chi connectivity index (χ0v) is 5.18. The molecule has 0 heterocycles. The summed E-state index contributed by atoms with van der Waals surface area (Å²) in [6.45, 7) is 0.